The summed E-state index contributed by atoms with van der Waals surface area (Å²) in [4.78, 5) is 2.39. The molecule has 62 heavy (non-hydrogen) atoms. The van der Waals surface area contributed by atoms with Crippen molar-refractivity contribution in [3.63, 3.8) is 0 Å². The zero-order valence-electron chi connectivity index (χ0n) is 33.6. The van der Waals surface area contributed by atoms with Crippen LogP contribution in [0.5, 0.6) is 0 Å². The van der Waals surface area contributed by atoms with E-state index in [4.69, 9.17) is 4.42 Å². The number of nitrogens with zero attached hydrogens (tertiary/aromatic N) is 3. The van der Waals surface area contributed by atoms with Crippen molar-refractivity contribution in [3.05, 3.63) is 224 Å². The van der Waals surface area contributed by atoms with Crippen LogP contribution in [0.3, 0.4) is 0 Å². The Hall–Kier alpha value is -8.34. The van der Waals surface area contributed by atoms with Gasteiger partial charge in [0.2, 0.25) is 0 Å². The molecule has 4 nitrogen and oxygen atoms in total. The Morgan fingerprint density at radius 3 is 1.35 bits per heavy atom. The molecule has 3 aromatic heterocycles. The highest BCUT2D eigenvalue weighted by atomic mass is 16.3. The van der Waals surface area contributed by atoms with Gasteiger partial charge in [-0.15, -0.1) is 0 Å². The average molecular weight is 792 g/mol. The Morgan fingerprint density at radius 2 is 0.806 bits per heavy atom. The molecule has 0 saturated heterocycles. The highest BCUT2D eigenvalue weighted by Gasteiger charge is 2.21. The molecule has 0 bridgehead atoms. The highest BCUT2D eigenvalue weighted by molar-refractivity contribution is 6.16. The van der Waals surface area contributed by atoms with Gasteiger partial charge in [0.15, 0.2) is 0 Å². The van der Waals surface area contributed by atoms with Crippen LogP contribution in [0.1, 0.15) is 0 Å². The number of para-hydroxylation sites is 5. The number of rotatable bonds is 6. The Labute approximate surface area is 357 Å². The largest absolute Gasteiger partial charge is 0.455 e. The van der Waals surface area contributed by atoms with Crippen LogP contribution in [0.4, 0.5) is 17.1 Å². The minimum atomic E-state index is 0.885. The van der Waals surface area contributed by atoms with E-state index in [1.807, 2.05) is 0 Å². The Kier molecular flexibility index (Phi) is 7.57. The van der Waals surface area contributed by atoms with E-state index in [-0.39, 0.29) is 0 Å². The van der Waals surface area contributed by atoms with Gasteiger partial charge in [-0.2, -0.15) is 0 Å². The molecule has 0 radical (unpaired) electrons. The van der Waals surface area contributed by atoms with Crippen molar-refractivity contribution in [2.24, 2.45) is 0 Å². The average Bonchev–Trinajstić information content (AvgIpc) is 4.00. The first kappa shape index (κ1) is 34.5. The third-order valence-corrected chi connectivity index (χ3v) is 12.7. The molecule has 0 aliphatic rings. The summed E-state index contributed by atoms with van der Waals surface area (Å²) in [6.45, 7) is 0. The van der Waals surface area contributed by atoms with Gasteiger partial charge in [0.25, 0.3) is 0 Å². The number of anilines is 3. The van der Waals surface area contributed by atoms with E-state index < -0.39 is 0 Å². The summed E-state index contributed by atoms with van der Waals surface area (Å²) < 4.78 is 11.3. The van der Waals surface area contributed by atoms with E-state index in [1.165, 1.54) is 49.0 Å². The summed E-state index contributed by atoms with van der Waals surface area (Å²) in [6, 6.07) is 81.0. The molecule has 3 heterocycles. The first-order chi connectivity index (χ1) is 30.8. The lowest BCUT2D eigenvalue weighted by atomic mass is 9.99. The monoisotopic (exact) mass is 791 g/mol. The first-order valence-corrected chi connectivity index (χ1v) is 21.2. The molecule has 0 saturated carbocycles. The summed E-state index contributed by atoms with van der Waals surface area (Å²) in [5, 5.41) is 9.54. The molecule has 0 atom stereocenters. The van der Waals surface area contributed by atoms with Crippen LogP contribution in [0.2, 0.25) is 0 Å². The van der Waals surface area contributed by atoms with Crippen molar-refractivity contribution in [2.45, 2.75) is 0 Å². The zero-order valence-corrected chi connectivity index (χ0v) is 33.6. The molecule has 13 rings (SSSR count). The van der Waals surface area contributed by atoms with Gasteiger partial charge < -0.3 is 18.5 Å². The van der Waals surface area contributed by atoms with Gasteiger partial charge in [-0.25, -0.2) is 0 Å². The molecule has 0 aliphatic carbocycles. The van der Waals surface area contributed by atoms with Gasteiger partial charge in [0.05, 0.1) is 27.8 Å². The second-order valence-corrected chi connectivity index (χ2v) is 16.1. The van der Waals surface area contributed by atoms with E-state index >= 15 is 0 Å². The molecule has 10 aromatic carbocycles. The number of hydrogen-bond donors (Lipinski definition) is 0. The molecular formula is C58H37N3O. The Balaban J connectivity index is 0.984. The maximum atomic E-state index is 6.55. The topological polar surface area (TPSA) is 26.2 Å². The number of furan rings is 1. The van der Waals surface area contributed by atoms with E-state index in [2.05, 4.69) is 238 Å². The number of benzene rings is 10. The third kappa shape index (κ3) is 5.20. The molecule has 0 fully saturated rings. The predicted molar refractivity (Wildman–Crippen MR) is 260 cm³/mol. The fraction of sp³-hybridized carbons (Fsp3) is 0. The molecule has 0 amide bonds. The van der Waals surface area contributed by atoms with Crippen molar-refractivity contribution in [3.8, 4) is 22.5 Å². The number of hydrogen-bond acceptors (Lipinski definition) is 2. The van der Waals surface area contributed by atoms with E-state index in [9.17, 15) is 0 Å². The van der Waals surface area contributed by atoms with Crippen LogP contribution < -0.4 is 4.90 Å². The zero-order chi connectivity index (χ0) is 40.7. The molecule has 0 N–H and O–H groups in total. The lowest BCUT2D eigenvalue weighted by Crippen LogP contribution is -2.11. The van der Waals surface area contributed by atoms with Crippen molar-refractivity contribution in [2.75, 3.05) is 4.90 Å². The van der Waals surface area contributed by atoms with Crippen molar-refractivity contribution in [1.29, 1.82) is 0 Å². The van der Waals surface area contributed by atoms with Gasteiger partial charge >= 0.3 is 0 Å². The molecule has 4 heteroatoms. The van der Waals surface area contributed by atoms with Gasteiger partial charge in [-0.3, -0.25) is 0 Å². The molecule has 0 aliphatic heterocycles. The summed E-state index contributed by atoms with van der Waals surface area (Å²) in [5.74, 6) is 0. The van der Waals surface area contributed by atoms with E-state index in [0.29, 0.717) is 0 Å². The summed E-state index contributed by atoms with van der Waals surface area (Å²) in [5.41, 5.74) is 14.3. The van der Waals surface area contributed by atoms with Crippen LogP contribution in [-0.2, 0) is 0 Å². The lowest BCUT2D eigenvalue weighted by molar-refractivity contribution is 0.672. The van der Waals surface area contributed by atoms with Gasteiger partial charge in [-0.05, 0) is 108 Å². The molecule has 290 valence electrons. The SMILES string of the molecule is c1ccc(N(c2ccc(-n3c4ccccc4c4ccccc43)cc2)c2ccc(-n3c4ccccc4c4ccccc43)cc2)c(-c2ccc3oc4c5ccccc5ccc4c3c2)c1. The van der Waals surface area contributed by atoms with Crippen molar-refractivity contribution >= 4 is 93.4 Å². The Bertz CT molecular complexity index is 3600. The normalized spacial score (nSPS) is 11.9. The Morgan fingerprint density at radius 1 is 0.339 bits per heavy atom. The van der Waals surface area contributed by atoms with Crippen LogP contribution in [0.15, 0.2) is 229 Å². The second kappa shape index (κ2) is 13.6. The fourth-order valence-corrected chi connectivity index (χ4v) is 9.91. The predicted octanol–water partition coefficient (Wildman–Crippen LogP) is 16.1. The molecule has 0 spiro atoms. The van der Waals surface area contributed by atoms with Crippen LogP contribution >= 0.6 is 0 Å². The van der Waals surface area contributed by atoms with Gasteiger partial charge in [0.1, 0.15) is 11.2 Å². The van der Waals surface area contributed by atoms with Crippen LogP contribution in [0.25, 0.3) is 98.8 Å². The van der Waals surface area contributed by atoms with Crippen molar-refractivity contribution in [1.82, 2.24) is 9.13 Å². The molecular weight excluding hydrogens is 755 g/mol. The van der Waals surface area contributed by atoms with Gasteiger partial charge in [0, 0.05) is 66.0 Å². The number of fused-ring (bicyclic) bond motifs is 11. The fourth-order valence-electron chi connectivity index (χ4n) is 9.91. The highest BCUT2D eigenvalue weighted by Crippen LogP contribution is 2.44. The second-order valence-electron chi connectivity index (χ2n) is 16.1. The lowest BCUT2D eigenvalue weighted by Gasteiger charge is -2.28. The minimum absolute atomic E-state index is 0.885. The maximum absolute atomic E-state index is 6.55. The molecule has 13 aromatic rings. The quantitative estimate of drug-likeness (QED) is 0.168. The van der Waals surface area contributed by atoms with Crippen molar-refractivity contribution < 1.29 is 4.42 Å². The first-order valence-electron chi connectivity index (χ1n) is 21.2. The van der Waals surface area contributed by atoms with E-state index in [0.717, 1.165) is 66.9 Å². The maximum Gasteiger partial charge on any atom is 0.143 e. The summed E-state index contributed by atoms with van der Waals surface area (Å²) in [7, 11) is 0. The van der Waals surface area contributed by atoms with E-state index in [1.54, 1.807) is 0 Å². The standard InChI is InChI=1S/C58H37N3O/c1-2-15-45-38(13-1)25-35-50-51-37-39(26-36-57(51)62-58(45)50)44-14-3-8-20-52(44)59(40-27-31-42(32-28-40)60-53-21-9-4-16-46(53)47-17-5-10-22-54(47)60)41-29-33-43(34-30-41)61-55-23-11-6-18-48(55)49-19-7-12-24-56(49)61/h1-37H. The summed E-state index contributed by atoms with van der Waals surface area (Å²) >= 11 is 0. The minimum Gasteiger partial charge on any atom is -0.455 e. The molecule has 0 unspecified atom stereocenters. The van der Waals surface area contributed by atoms with Gasteiger partial charge in [-0.1, -0.05) is 127 Å². The summed E-state index contributed by atoms with van der Waals surface area (Å²) in [6.07, 6.45) is 0. The third-order valence-electron chi connectivity index (χ3n) is 12.7. The smallest absolute Gasteiger partial charge is 0.143 e. The van der Waals surface area contributed by atoms with Crippen LogP contribution in [0, 0.1) is 0 Å². The van der Waals surface area contributed by atoms with Crippen LogP contribution in [-0.4, -0.2) is 9.13 Å². The number of aromatic nitrogens is 2.